The van der Waals surface area contributed by atoms with Crippen LogP contribution in [0, 0.1) is 0 Å². The van der Waals surface area contributed by atoms with Crippen LogP contribution in [0.2, 0.25) is 0 Å². The molecule has 1 aromatic carbocycles. The lowest BCUT2D eigenvalue weighted by Gasteiger charge is -2.11. The van der Waals surface area contributed by atoms with Gasteiger partial charge in [-0.25, -0.2) is 9.48 Å². The van der Waals surface area contributed by atoms with Crippen LogP contribution >= 0.6 is 0 Å². The Hall–Kier alpha value is -2.45. The van der Waals surface area contributed by atoms with Gasteiger partial charge in [-0.3, -0.25) is 0 Å². The zero-order valence-corrected chi connectivity index (χ0v) is 11.7. The quantitative estimate of drug-likeness (QED) is 0.793. The van der Waals surface area contributed by atoms with Crippen LogP contribution in [-0.2, 0) is 24.1 Å². The summed E-state index contributed by atoms with van der Waals surface area (Å²) in [5.74, 6) is -0.793. The maximum atomic E-state index is 12.8. The Labute approximate surface area is 123 Å². The first-order chi connectivity index (χ1) is 10.4. The number of aryl methyl sites for hydroxylation is 1. The highest BCUT2D eigenvalue weighted by atomic mass is 19.4. The predicted molar refractivity (Wildman–Crippen MR) is 68.7 cm³/mol. The van der Waals surface area contributed by atoms with E-state index in [1.54, 1.807) is 0 Å². The van der Waals surface area contributed by atoms with Crippen LogP contribution in [0.4, 0.5) is 13.2 Å². The molecular weight excluding hydrogens is 301 g/mol. The fourth-order valence-electron chi connectivity index (χ4n) is 1.83. The normalized spacial score (nSPS) is 11.5. The van der Waals surface area contributed by atoms with Crippen molar-refractivity contribution in [2.75, 3.05) is 0 Å². The van der Waals surface area contributed by atoms with Crippen molar-refractivity contribution in [2.45, 2.75) is 32.7 Å². The summed E-state index contributed by atoms with van der Waals surface area (Å²) in [7, 11) is 0. The number of hydrogen-bond donors (Lipinski definition) is 0. The number of esters is 1. The van der Waals surface area contributed by atoms with Gasteiger partial charge in [0.2, 0.25) is 0 Å². The lowest BCUT2D eigenvalue weighted by Crippen LogP contribution is -2.16. The SMILES string of the molecule is CCCn1nnnc1COC(=O)c1ccccc1C(F)(F)F. The standard InChI is InChI=1S/C13H13F3N4O2/c1-2-7-20-11(17-18-19-20)8-22-12(21)9-5-3-4-6-10(9)13(14,15)16/h3-6H,2,7-8H2,1H3. The monoisotopic (exact) mass is 314 g/mol. The van der Waals surface area contributed by atoms with E-state index in [-0.39, 0.29) is 12.4 Å². The van der Waals surface area contributed by atoms with Crippen molar-refractivity contribution in [1.29, 1.82) is 0 Å². The molecule has 0 N–H and O–H groups in total. The molecule has 118 valence electrons. The van der Waals surface area contributed by atoms with Crippen molar-refractivity contribution < 1.29 is 22.7 Å². The van der Waals surface area contributed by atoms with Crippen LogP contribution in [0.3, 0.4) is 0 Å². The molecule has 0 aliphatic rings. The first-order valence-electron chi connectivity index (χ1n) is 6.52. The number of aromatic nitrogens is 4. The fraction of sp³-hybridized carbons (Fsp3) is 0.385. The number of carbonyl (C=O) groups is 1. The van der Waals surface area contributed by atoms with Crippen molar-refractivity contribution in [3.8, 4) is 0 Å². The molecule has 0 atom stereocenters. The third-order valence-electron chi connectivity index (χ3n) is 2.83. The molecule has 0 amide bonds. The summed E-state index contributed by atoms with van der Waals surface area (Å²) in [5.41, 5.74) is -1.57. The van der Waals surface area contributed by atoms with Crippen LogP contribution < -0.4 is 0 Å². The molecule has 1 heterocycles. The lowest BCUT2D eigenvalue weighted by atomic mass is 10.1. The Kier molecular flexibility index (Phi) is 4.74. The van der Waals surface area contributed by atoms with Crippen molar-refractivity contribution in [3.05, 3.63) is 41.2 Å². The van der Waals surface area contributed by atoms with Crippen molar-refractivity contribution in [3.63, 3.8) is 0 Å². The second-order valence-corrected chi connectivity index (χ2v) is 4.44. The molecule has 0 bridgehead atoms. The lowest BCUT2D eigenvalue weighted by molar-refractivity contribution is -0.138. The second-order valence-electron chi connectivity index (χ2n) is 4.44. The molecule has 0 radical (unpaired) electrons. The minimum atomic E-state index is -4.63. The largest absolute Gasteiger partial charge is 0.454 e. The van der Waals surface area contributed by atoms with E-state index in [1.807, 2.05) is 6.92 Å². The summed E-state index contributed by atoms with van der Waals surface area (Å²) in [5, 5.41) is 10.8. The Morgan fingerprint density at radius 1 is 1.32 bits per heavy atom. The summed E-state index contributed by atoms with van der Waals surface area (Å²) in [6.07, 6.45) is -3.86. The molecule has 0 fully saturated rings. The van der Waals surface area contributed by atoms with Crippen LogP contribution in [0.1, 0.15) is 35.1 Å². The summed E-state index contributed by atoms with van der Waals surface area (Å²) in [4.78, 5) is 11.9. The second kappa shape index (κ2) is 6.54. The highest BCUT2D eigenvalue weighted by Crippen LogP contribution is 2.32. The van der Waals surface area contributed by atoms with Gasteiger partial charge in [-0.2, -0.15) is 13.2 Å². The van der Waals surface area contributed by atoms with Gasteiger partial charge in [-0.15, -0.1) is 5.10 Å². The molecule has 0 unspecified atom stereocenters. The Morgan fingerprint density at radius 3 is 2.73 bits per heavy atom. The number of rotatable bonds is 5. The Balaban J connectivity index is 2.12. The number of alkyl halides is 3. The Bertz CT molecular complexity index is 655. The van der Waals surface area contributed by atoms with Crippen molar-refractivity contribution in [1.82, 2.24) is 20.2 Å². The third-order valence-corrected chi connectivity index (χ3v) is 2.83. The zero-order chi connectivity index (χ0) is 16.2. The highest BCUT2D eigenvalue weighted by Gasteiger charge is 2.35. The zero-order valence-electron chi connectivity index (χ0n) is 11.7. The molecular formula is C13H13F3N4O2. The van der Waals surface area contributed by atoms with Gasteiger partial charge in [-0.1, -0.05) is 19.1 Å². The van der Waals surface area contributed by atoms with E-state index in [1.165, 1.54) is 16.8 Å². The fourth-order valence-corrected chi connectivity index (χ4v) is 1.83. The van der Waals surface area contributed by atoms with E-state index in [4.69, 9.17) is 4.74 Å². The molecule has 0 saturated carbocycles. The van der Waals surface area contributed by atoms with E-state index in [2.05, 4.69) is 15.5 Å². The van der Waals surface area contributed by atoms with E-state index in [9.17, 15) is 18.0 Å². The van der Waals surface area contributed by atoms with Crippen molar-refractivity contribution in [2.24, 2.45) is 0 Å². The number of nitrogens with zero attached hydrogens (tertiary/aromatic N) is 4. The molecule has 9 heteroatoms. The third kappa shape index (κ3) is 3.60. The van der Waals surface area contributed by atoms with Gasteiger partial charge >= 0.3 is 12.1 Å². The summed E-state index contributed by atoms with van der Waals surface area (Å²) >= 11 is 0. The topological polar surface area (TPSA) is 69.9 Å². The van der Waals surface area contributed by atoms with E-state index < -0.39 is 23.3 Å². The molecule has 2 rings (SSSR count). The number of halogens is 3. The van der Waals surface area contributed by atoms with E-state index in [0.29, 0.717) is 6.54 Å². The van der Waals surface area contributed by atoms with Gasteiger partial charge in [0.25, 0.3) is 0 Å². The number of tetrazole rings is 1. The van der Waals surface area contributed by atoms with Gasteiger partial charge < -0.3 is 4.74 Å². The number of benzene rings is 1. The van der Waals surface area contributed by atoms with Gasteiger partial charge in [0.05, 0.1) is 11.1 Å². The van der Waals surface area contributed by atoms with Gasteiger partial charge in [0.1, 0.15) is 0 Å². The van der Waals surface area contributed by atoms with E-state index in [0.717, 1.165) is 18.6 Å². The van der Waals surface area contributed by atoms with Crippen LogP contribution in [0.15, 0.2) is 24.3 Å². The van der Waals surface area contributed by atoms with Gasteiger partial charge in [0, 0.05) is 6.54 Å². The predicted octanol–water partition coefficient (Wildman–Crippen LogP) is 2.46. The highest BCUT2D eigenvalue weighted by molar-refractivity contribution is 5.91. The van der Waals surface area contributed by atoms with Crippen LogP contribution in [0.25, 0.3) is 0 Å². The van der Waals surface area contributed by atoms with Crippen molar-refractivity contribution >= 4 is 5.97 Å². The van der Waals surface area contributed by atoms with Crippen LogP contribution in [0.5, 0.6) is 0 Å². The minimum absolute atomic E-state index is 0.277. The smallest absolute Gasteiger partial charge is 0.417 e. The molecule has 6 nitrogen and oxygen atoms in total. The number of ether oxygens (including phenoxy) is 1. The number of hydrogen-bond acceptors (Lipinski definition) is 5. The van der Waals surface area contributed by atoms with Crippen LogP contribution in [-0.4, -0.2) is 26.2 Å². The average Bonchev–Trinajstić information content (AvgIpc) is 2.92. The molecule has 0 aliphatic heterocycles. The average molecular weight is 314 g/mol. The summed E-state index contributed by atoms with van der Waals surface area (Å²) < 4.78 is 44.9. The molecule has 0 aliphatic carbocycles. The first-order valence-corrected chi connectivity index (χ1v) is 6.52. The number of carbonyl (C=O) groups excluding carboxylic acids is 1. The summed E-state index contributed by atoms with van der Waals surface area (Å²) in [6.45, 7) is 2.15. The van der Waals surface area contributed by atoms with E-state index >= 15 is 0 Å². The van der Waals surface area contributed by atoms with Gasteiger partial charge in [-0.05, 0) is 29.0 Å². The summed E-state index contributed by atoms with van der Waals surface area (Å²) in [6, 6.07) is 4.45. The minimum Gasteiger partial charge on any atom is -0.454 e. The molecule has 22 heavy (non-hydrogen) atoms. The van der Waals surface area contributed by atoms with Gasteiger partial charge in [0.15, 0.2) is 12.4 Å². The molecule has 1 aromatic heterocycles. The first kappa shape index (κ1) is 15.9. The molecule has 2 aromatic rings. The maximum Gasteiger partial charge on any atom is 0.417 e. The molecule has 0 spiro atoms. The Morgan fingerprint density at radius 2 is 2.05 bits per heavy atom. The molecule has 0 saturated heterocycles. The maximum absolute atomic E-state index is 12.8.